The molecule has 112 valence electrons. The topological polar surface area (TPSA) is 89.7 Å². The second-order valence-electron chi connectivity index (χ2n) is 4.39. The molecule has 0 spiro atoms. The molecule has 1 aliphatic rings. The molecule has 1 saturated heterocycles. The Morgan fingerprint density at radius 2 is 2.35 bits per heavy atom. The van der Waals surface area contributed by atoms with Gasteiger partial charge in [0, 0.05) is 19.1 Å². The smallest absolute Gasteiger partial charge is 0.348 e. The van der Waals surface area contributed by atoms with Gasteiger partial charge in [-0.05, 0) is 34.8 Å². The summed E-state index contributed by atoms with van der Waals surface area (Å²) in [5.41, 5.74) is 5.62. The first-order valence-electron chi connectivity index (χ1n) is 6.01. The molecule has 9 heteroatoms. The van der Waals surface area contributed by atoms with E-state index in [0.717, 1.165) is 24.2 Å². The second kappa shape index (κ2) is 6.10. The van der Waals surface area contributed by atoms with E-state index in [1.165, 1.54) is 17.5 Å². The van der Waals surface area contributed by atoms with E-state index in [2.05, 4.69) is 20.7 Å². The summed E-state index contributed by atoms with van der Waals surface area (Å²) in [6, 6.07) is 1.18. The molecule has 0 amide bonds. The third-order valence-electron chi connectivity index (χ3n) is 3.22. The van der Waals surface area contributed by atoms with Crippen LogP contribution in [0.25, 0.3) is 0 Å². The molecule has 0 saturated carbocycles. The van der Waals surface area contributed by atoms with E-state index in [0.29, 0.717) is 16.9 Å². The first-order valence-corrected chi connectivity index (χ1v) is 9.06. The largest absolute Gasteiger partial charge is 0.465 e. The zero-order chi connectivity index (χ0) is 14.9. The summed E-state index contributed by atoms with van der Waals surface area (Å²) >= 11 is 4.26. The Balaban J connectivity index is 2.39. The van der Waals surface area contributed by atoms with Crippen LogP contribution in [0.15, 0.2) is 14.7 Å². The van der Waals surface area contributed by atoms with Crippen LogP contribution in [0.1, 0.15) is 22.5 Å². The first kappa shape index (κ1) is 15.9. The fourth-order valence-electron chi connectivity index (χ4n) is 2.22. The molecule has 20 heavy (non-hydrogen) atoms. The lowest BCUT2D eigenvalue weighted by atomic mass is 10.2. The molecular weight excluding hydrogens is 368 g/mol. The van der Waals surface area contributed by atoms with E-state index in [4.69, 9.17) is 5.73 Å². The number of rotatable bonds is 4. The molecule has 2 rings (SSSR count). The highest BCUT2D eigenvalue weighted by Crippen LogP contribution is 2.36. The monoisotopic (exact) mass is 382 g/mol. The quantitative estimate of drug-likeness (QED) is 0.794. The maximum Gasteiger partial charge on any atom is 0.348 e. The molecule has 0 aliphatic carbocycles. The van der Waals surface area contributed by atoms with Gasteiger partial charge in [-0.3, -0.25) is 0 Å². The highest BCUT2D eigenvalue weighted by molar-refractivity contribution is 9.11. The van der Waals surface area contributed by atoms with Gasteiger partial charge in [0.1, 0.15) is 9.77 Å². The van der Waals surface area contributed by atoms with Crippen LogP contribution in [-0.2, 0) is 14.8 Å². The zero-order valence-corrected chi connectivity index (χ0v) is 14.1. The molecule has 0 bridgehead atoms. The van der Waals surface area contributed by atoms with Crippen LogP contribution in [0.5, 0.6) is 0 Å². The molecule has 2 heterocycles. The van der Waals surface area contributed by atoms with Gasteiger partial charge in [-0.2, -0.15) is 4.31 Å². The van der Waals surface area contributed by atoms with Gasteiger partial charge in [-0.1, -0.05) is 0 Å². The van der Waals surface area contributed by atoms with E-state index in [1.54, 1.807) is 0 Å². The minimum absolute atomic E-state index is 0.100. The zero-order valence-electron chi connectivity index (χ0n) is 10.8. The van der Waals surface area contributed by atoms with Gasteiger partial charge in [0.2, 0.25) is 10.0 Å². The van der Waals surface area contributed by atoms with Crippen molar-refractivity contribution in [1.29, 1.82) is 0 Å². The minimum Gasteiger partial charge on any atom is -0.465 e. The summed E-state index contributed by atoms with van der Waals surface area (Å²) in [7, 11) is -2.38. The lowest BCUT2D eigenvalue weighted by Crippen LogP contribution is -2.39. The van der Waals surface area contributed by atoms with Crippen molar-refractivity contribution in [2.75, 3.05) is 20.2 Å². The predicted octanol–water partition coefficient (Wildman–Crippen LogP) is 1.41. The van der Waals surface area contributed by atoms with Crippen molar-refractivity contribution >= 4 is 43.3 Å². The van der Waals surface area contributed by atoms with Gasteiger partial charge in [-0.15, -0.1) is 11.3 Å². The van der Waals surface area contributed by atoms with Gasteiger partial charge in [0.25, 0.3) is 0 Å². The average molecular weight is 383 g/mol. The molecule has 0 radical (unpaired) electrons. The van der Waals surface area contributed by atoms with Crippen molar-refractivity contribution in [2.24, 2.45) is 5.73 Å². The number of sulfonamides is 1. The van der Waals surface area contributed by atoms with Crippen molar-refractivity contribution < 1.29 is 17.9 Å². The van der Waals surface area contributed by atoms with Crippen molar-refractivity contribution in [3.63, 3.8) is 0 Å². The number of ether oxygens (including phenoxy) is 1. The molecule has 1 atom stereocenters. The lowest BCUT2D eigenvalue weighted by Gasteiger charge is -2.22. The minimum atomic E-state index is -3.64. The first-order chi connectivity index (χ1) is 9.41. The van der Waals surface area contributed by atoms with Crippen molar-refractivity contribution in [3.05, 3.63) is 14.7 Å². The fourth-order valence-corrected chi connectivity index (χ4v) is 6.36. The van der Waals surface area contributed by atoms with E-state index >= 15 is 0 Å². The third kappa shape index (κ3) is 2.77. The van der Waals surface area contributed by atoms with Crippen LogP contribution in [-0.4, -0.2) is 44.9 Å². The standard InChI is InChI=1S/C11H15BrN2O4S2/c1-18-11(15)8-5-9(10(12)19-8)20(16,17)14-4-2-3-7(14)6-13/h5,7H,2-4,6,13H2,1H3. The molecule has 6 nitrogen and oxygen atoms in total. The van der Waals surface area contributed by atoms with Gasteiger partial charge < -0.3 is 10.5 Å². The second-order valence-corrected chi connectivity index (χ2v) is 8.62. The summed E-state index contributed by atoms with van der Waals surface area (Å²) < 4.78 is 31.7. The summed E-state index contributed by atoms with van der Waals surface area (Å²) in [4.78, 5) is 11.8. The summed E-state index contributed by atoms with van der Waals surface area (Å²) in [5, 5.41) is 0. The van der Waals surface area contributed by atoms with Crippen LogP contribution < -0.4 is 5.73 Å². The Morgan fingerprint density at radius 3 is 2.95 bits per heavy atom. The Morgan fingerprint density at radius 1 is 1.65 bits per heavy atom. The van der Waals surface area contributed by atoms with Gasteiger partial charge in [0.05, 0.1) is 10.9 Å². The Kier molecular flexibility index (Phi) is 4.85. The number of hydrogen-bond acceptors (Lipinski definition) is 6. The van der Waals surface area contributed by atoms with Gasteiger partial charge in [-0.25, -0.2) is 13.2 Å². The van der Waals surface area contributed by atoms with Gasteiger partial charge in [0.15, 0.2) is 0 Å². The van der Waals surface area contributed by atoms with E-state index in [-0.39, 0.29) is 15.8 Å². The summed E-state index contributed by atoms with van der Waals surface area (Å²) in [6.07, 6.45) is 1.56. The Hall–Kier alpha value is -0.480. The van der Waals surface area contributed by atoms with E-state index in [1.807, 2.05) is 0 Å². The predicted molar refractivity (Wildman–Crippen MR) is 79.3 cm³/mol. The molecule has 2 N–H and O–H groups in total. The number of nitrogens with zero attached hydrogens (tertiary/aromatic N) is 1. The number of carbonyl (C=O) groups excluding carboxylic acids is 1. The van der Waals surface area contributed by atoms with E-state index in [9.17, 15) is 13.2 Å². The van der Waals surface area contributed by atoms with Crippen LogP contribution in [0.3, 0.4) is 0 Å². The van der Waals surface area contributed by atoms with Crippen molar-refractivity contribution in [1.82, 2.24) is 4.31 Å². The summed E-state index contributed by atoms with van der Waals surface area (Å²) in [5.74, 6) is -0.547. The van der Waals surface area contributed by atoms with E-state index < -0.39 is 16.0 Å². The maximum atomic E-state index is 12.6. The SMILES string of the molecule is COC(=O)c1cc(S(=O)(=O)N2CCCC2CN)c(Br)s1. The molecule has 1 fully saturated rings. The maximum absolute atomic E-state index is 12.6. The molecule has 1 aromatic rings. The summed E-state index contributed by atoms with van der Waals surface area (Å²) in [6.45, 7) is 0.755. The Labute approximate surface area is 130 Å². The van der Waals surface area contributed by atoms with Crippen molar-refractivity contribution in [3.8, 4) is 0 Å². The van der Waals surface area contributed by atoms with Gasteiger partial charge >= 0.3 is 5.97 Å². The third-order valence-corrected chi connectivity index (χ3v) is 7.41. The molecular formula is C11H15BrN2O4S2. The normalized spacial score (nSPS) is 20.2. The number of halogens is 1. The number of thiophene rings is 1. The number of carbonyl (C=O) groups is 1. The number of nitrogens with two attached hydrogens (primary N) is 1. The number of methoxy groups -OCH3 is 1. The number of hydrogen-bond donors (Lipinski definition) is 1. The number of esters is 1. The highest BCUT2D eigenvalue weighted by atomic mass is 79.9. The van der Waals surface area contributed by atoms with Crippen LogP contribution in [0, 0.1) is 0 Å². The Bertz CT molecular complexity index is 614. The molecule has 1 unspecified atom stereocenters. The van der Waals surface area contributed by atoms with Crippen LogP contribution in [0.4, 0.5) is 0 Å². The lowest BCUT2D eigenvalue weighted by molar-refractivity contribution is 0.0606. The van der Waals surface area contributed by atoms with Crippen LogP contribution in [0.2, 0.25) is 0 Å². The molecule has 1 aliphatic heterocycles. The molecule has 0 aromatic carbocycles. The average Bonchev–Trinajstić information content (AvgIpc) is 3.04. The van der Waals surface area contributed by atoms with Crippen molar-refractivity contribution in [2.45, 2.75) is 23.8 Å². The fraction of sp³-hybridized carbons (Fsp3) is 0.545. The molecule has 1 aromatic heterocycles. The van der Waals surface area contributed by atoms with Crippen LogP contribution >= 0.6 is 27.3 Å². The highest BCUT2D eigenvalue weighted by Gasteiger charge is 2.36.